The first kappa shape index (κ1) is 16.0. The van der Waals surface area contributed by atoms with Gasteiger partial charge in [-0.05, 0) is 39.7 Å². The Morgan fingerprint density at radius 2 is 1.76 bits per heavy atom. The summed E-state index contributed by atoms with van der Waals surface area (Å²) in [6.07, 6.45) is 0. The predicted molar refractivity (Wildman–Crippen MR) is 81.4 cm³/mol. The van der Waals surface area contributed by atoms with Crippen LogP contribution in [-0.2, 0) is 6.54 Å². The minimum absolute atomic E-state index is 0.143. The fourth-order valence-electron chi connectivity index (χ4n) is 1.95. The molecule has 0 spiro atoms. The van der Waals surface area contributed by atoms with Gasteiger partial charge in [0, 0.05) is 18.2 Å². The molecule has 0 atom stereocenters. The van der Waals surface area contributed by atoms with Gasteiger partial charge in [0.15, 0.2) is 0 Å². The summed E-state index contributed by atoms with van der Waals surface area (Å²) in [6, 6.07) is 6.88. The Labute approximate surface area is 130 Å². The van der Waals surface area contributed by atoms with E-state index in [0.29, 0.717) is 12.1 Å². The fourth-order valence-corrected chi connectivity index (χ4v) is 2.28. The van der Waals surface area contributed by atoms with Gasteiger partial charge in [-0.3, -0.25) is 0 Å². The Bertz CT molecular complexity index is 656. The standard InChI is InChI=1S/C16H15BrF3N/c1-9(2)21-8-11-4-3-10(7-14(11)19)15-13(18)6-5-12(17)16(15)20/h3-7,9,21H,8H2,1-2H3. The fraction of sp³-hybridized carbons (Fsp3) is 0.250. The van der Waals surface area contributed by atoms with E-state index >= 15 is 0 Å². The van der Waals surface area contributed by atoms with Gasteiger partial charge in [-0.2, -0.15) is 0 Å². The van der Waals surface area contributed by atoms with Crippen molar-refractivity contribution in [1.29, 1.82) is 0 Å². The molecule has 5 heteroatoms. The van der Waals surface area contributed by atoms with E-state index in [1.807, 2.05) is 13.8 Å². The molecule has 0 bridgehead atoms. The highest BCUT2D eigenvalue weighted by molar-refractivity contribution is 9.10. The number of hydrogen-bond donors (Lipinski definition) is 1. The maximum Gasteiger partial charge on any atom is 0.148 e. The van der Waals surface area contributed by atoms with E-state index in [0.717, 1.165) is 12.1 Å². The van der Waals surface area contributed by atoms with Gasteiger partial charge >= 0.3 is 0 Å². The SMILES string of the molecule is CC(C)NCc1ccc(-c2c(F)ccc(Br)c2F)cc1F. The summed E-state index contributed by atoms with van der Waals surface area (Å²) >= 11 is 3.01. The van der Waals surface area contributed by atoms with Crippen LogP contribution >= 0.6 is 15.9 Å². The van der Waals surface area contributed by atoms with E-state index in [2.05, 4.69) is 21.2 Å². The van der Waals surface area contributed by atoms with Crippen LogP contribution in [0.1, 0.15) is 19.4 Å². The van der Waals surface area contributed by atoms with Crippen LogP contribution in [0.5, 0.6) is 0 Å². The van der Waals surface area contributed by atoms with Crippen LogP contribution in [-0.4, -0.2) is 6.04 Å². The molecule has 0 aliphatic heterocycles. The van der Waals surface area contributed by atoms with E-state index in [1.54, 1.807) is 6.07 Å². The van der Waals surface area contributed by atoms with E-state index in [4.69, 9.17) is 0 Å². The van der Waals surface area contributed by atoms with Crippen molar-refractivity contribution in [3.05, 3.63) is 57.8 Å². The summed E-state index contributed by atoms with van der Waals surface area (Å²) in [5.74, 6) is -1.94. The van der Waals surface area contributed by atoms with Crippen LogP contribution < -0.4 is 5.32 Å². The number of halogens is 4. The molecule has 0 radical (unpaired) electrons. The number of hydrogen-bond acceptors (Lipinski definition) is 1. The normalized spacial score (nSPS) is 11.2. The first-order valence-electron chi connectivity index (χ1n) is 6.56. The second kappa shape index (κ2) is 6.62. The predicted octanol–water partition coefficient (Wildman–Crippen LogP) is 5.03. The lowest BCUT2D eigenvalue weighted by atomic mass is 10.0. The molecule has 1 nitrogen and oxygen atoms in total. The molecule has 0 aromatic heterocycles. The number of rotatable bonds is 4. The molecule has 0 heterocycles. The third-order valence-electron chi connectivity index (χ3n) is 3.09. The summed E-state index contributed by atoms with van der Waals surface area (Å²) in [4.78, 5) is 0. The molecule has 1 N–H and O–H groups in total. The van der Waals surface area contributed by atoms with Crippen molar-refractivity contribution >= 4 is 15.9 Å². The van der Waals surface area contributed by atoms with Gasteiger partial charge in [-0.15, -0.1) is 0 Å². The summed E-state index contributed by atoms with van der Waals surface area (Å²) in [5.41, 5.74) is 0.409. The molecule has 0 saturated carbocycles. The van der Waals surface area contributed by atoms with Gasteiger partial charge in [-0.25, -0.2) is 13.2 Å². The molecule has 0 unspecified atom stereocenters. The average Bonchev–Trinajstić information content (AvgIpc) is 2.42. The number of benzene rings is 2. The topological polar surface area (TPSA) is 12.0 Å². The smallest absolute Gasteiger partial charge is 0.148 e. The molecule has 2 aromatic rings. The Morgan fingerprint density at radius 3 is 2.38 bits per heavy atom. The molecule has 2 rings (SSSR count). The maximum absolute atomic E-state index is 14.1. The van der Waals surface area contributed by atoms with E-state index in [9.17, 15) is 13.2 Å². The Balaban J connectivity index is 2.39. The first-order chi connectivity index (χ1) is 9.90. The molecule has 0 saturated heterocycles. The molecule has 21 heavy (non-hydrogen) atoms. The van der Waals surface area contributed by atoms with Gasteiger partial charge < -0.3 is 5.32 Å². The quantitative estimate of drug-likeness (QED) is 0.756. The van der Waals surface area contributed by atoms with Crippen molar-refractivity contribution < 1.29 is 13.2 Å². The maximum atomic E-state index is 14.1. The minimum atomic E-state index is -0.734. The van der Waals surface area contributed by atoms with E-state index < -0.39 is 17.5 Å². The van der Waals surface area contributed by atoms with Gasteiger partial charge in [-0.1, -0.05) is 26.0 Å². The minimum Gasteiger partial charge on any atom is -0.310 e. The monoisotopic (exact) mass is 357 g/mol. The van der Waals surface area contributed by atoms with Gasteiger partial charge in [0.1, 0.15) is 17.5 Å². The zero-order valence-electron chi connectivity index (χ0n) is 11.7. The van der Waals surface area contributed by atoms with Gasteiger partial charge in [0.2, 0.25) is 0 Å². The Kier molecular flexibility index (Phi) is 5.06. The van der Waals surface area contributed by atoms with Gasteiger partial charge in [0.05, 0.1) is 10.0 Å². The number of nitrogens with one attached hydrogen (secondary N) is 1. The van der Waals surface area contributed by atoms with Crippen molar-refractivity contribution in [1.82, 2.24) is 5.32 Å². The molecular formula is C16H15BrF3N. The second-order valence-corrected chi connectivity index (χ2v) is 5.91. The third-order valence-corrected chi connectivity index (χ3v) is 3.70. The second-order valence-electron chi connectivity index (χ2n) is 5.06. The van der Waals surface area contributed by atoms with Crippen LogP contribution in [0.2, 0.25) is 0 Å². The van der Waals surface area contributed by atoms with Gasteiger partial charge in [0.25, 0.3) is 0 Å². The lowest BCUT2D eigenvalue weighted by molar-refractivity contribution is 0.553. The van der Waals surface area contributed by atoms with Crippen LogP contribution in [0, 0.1) is 17.5 Å². The van der Waals surface area contributed by atoms with Crippen molar-refractivity contribution in [2.24, 2.45) is 0 Å². The van der Waals surface area contributed by atoms with Crippen LogP contribution in [0.15, 0.2) is 34.8 Å². The molecule has 0 aliphatic rings. The zero-order chi connectivity index (χ0) is 15.6. The molecule has 0 fully saturated rings. The molecule has 0 aliphatic carbocycles. The lowest BCUT2D eigenvalue weighted by Gasteiger charge is -2.11. The largest absolute Gasteiger partial charge is 0.310 e. The lowest BCUT2D eigenvalue weighted by Crippen LogP contribution is -2.22. The summed E-state index contributed by atoms with van der Waals surface area (Å²) in [5, 5.41) is 3.10. The highest BCUT2D eigenvalue weighted by atomic mass is 79.9. The van der Waals surface area contributed by atoms with Crippen molar-refractivity contribution in [2.75, 3.05) is 0 Å². The summed E-state index contributed by atoms with van der Waals surface area (Å²) in [6.45, 7) is 4.28. The van der Waals surface area contributed by atoms with Crippen LogP contribution in [0.3, 0.4) is 0 Å². The molecule has 2 aromatic carbocycles. The molecule has 112 valence electrons. The zero-order valence-corrected chi connectivity index (χ0v) is 13.3. The van der Waals surface area contributed by atoms with E-state index in [-0.39, 0.29) is 21.6 Å². The van der Waals surface area contributed by atoms with Crippen molar-refractivity contribution in [3.8, 4) is 11.1 Å². The third kappa shape index (κ3) is 3.66. The average molecular weight is 358 g/mol. The summed E-state index contributed by atoms with van der Waals surface area (Å²) in [7, 11) is 0. The van der Waals surface area contributed by atoms with Crippen molar-refractivity contribution in [2.45, 2.75) is 26.4 Å². The summed E-state index contributed by atoms with van der Waals surface area (Å²) < 4.78 is 42.0. The molecular weight excluding hydrogens is 343 g/mol. The highest BCUT2D eigenvalue weighted by Gasteiger charge is 2.16. The van der Waals surface area contributed by atoms with Crippen LogP contribution in [0.4, 0.5) is 13.2 Å². The van der Waals surface area contributed by atoms with Crippen molar-refractivity contribution in [3.63, 3.8) is 0 Å². The highest BCUT2D eigenvalue weighted by Crippen LogP contribution is 2.31. The Hall–Kier alpha value is -1.33. The molecule has 0 amide bonds. The Morgan fingerprint density at radius 1 is 1.05 bits per heavy atom. The van der Waals surface area contributed by atoms with E-state index in [1.165, 1.54) is 12.1 Å². The van der Waals surface area contributed by atoms with Crippen LogP contribution in [0.25, 0.3) is 11.1 Å². The first-order valence-corrected chi connectivity index (χ1v) is 7.35.